The summed E-state index contributed by atoms with van der Waals surface area (Å²) in [4.78, 5) is 0. The average molecular weight is 240 g/mol. The Bertz CT molecular complexity index is 229. The van der Waals surface area contributed by atoms with Crippen LogP contribution in [0.2, 0.25) is 25.2 Å². The van der Waals surface area contributed by atoms with E-state index in [1.807, 2.05) is 0 Å². The maximum absolute atomic E-state index is 5.73. The molecule has 0 aromatic rings. The van der Waals surface area contributed by atoms with Crippen LogP contribution in [0.15, 0.2) is 12.3 Å². The normalized spacial score (nSPS) is 25.1. The van der Waals surface area contributed by atoms with Crippen molar-refractivity contribution in [1.82, 2.24) is 0 Å². The molecule has 2 heteroatoms. The molecule has 0 aliphatic carbocycles. The van der Waals surface area contributed by atoms with E-state index in [0.717, 1.165) is 5.76 Å². The molecular weight excluding hydrogens is 212 g/mol. The monoisotopic (exact) mass is 240 g/mol. The molecule has 1 fully saturated rings. The standard InChI is InChI=1S/C14H28OSi/c1-6-7-8-9-10-11-13-14(12(2)15-13)16(3,4)5/h13-14H,2,6-11H2,1,3-5H3. The predicted molar refractivity (Wildman–Crippen MR) is 74.5 cm³/mol. The van der Waals surface area contributed by atoms with Gasteiger partial charge in [0.1, 0.15) is 6.10 Å². The van der Waals surface area contributed by atoms with Crippen LogP contribution in [0.3, 0.4) is 0 Å². The lowest BCUT2D eigenvalue weighted by molar-refractivity contribution is 0.0116. The van der Waals surface area contributed by atoms with Gasteiger partial charge in [-0.25, -0.2) is 0 Å². The molecule has 16 heavy (non-hydrogen) atoms. The molecule has 1 aliphatic rings. The van der Waals surface area contributed by atoms with Crippen molar-refractivity contribution in [2.24, 2.45) is 0 Å². The summed E-state index contributed by atoms with van der Waals surface area (Å²) in [5.41, 5.74) is 0.707. The van der Waals surface area contributed by atoms with Gasteiger partial charge in [0.05, 0.1) is 13.8 Å². The van der Waals surface area contributed by atoms with Crippen LogP contribution in [0, 0.1) is 0 Å². The Morgan fingerprint density at radius 2 is 1.75 bits per heavy atom. The molecule has 2 atom stereocenters. The van der Waals surface area contributed by atoms with E-state index in [2.05, 4.69) is 33.1 Å². The molecule has 1 rings (SSSR count). The van der Waals surface area contributed by atoms with Gasteiger partial charge in [0.2, 0.25) is 0 Å². The highest BCUT2D eigenvalue weighted by atomic mass is 28.3. The van der Waals surface area contributed by atoms with Crippen LogP contribution in [-0.2, 0) is 4.74 Å². The first-order valence-corrected chi connectivity index (χ1v) is 10.4. The van der Waals surface area contributed by atoms with E-state index in [-0.39, 0.29) is 0 Å². The quantitative estimate of drug-likeness (QED) is 0.451. The summed E-state index contributed by atoms with van der Waals surface area (Å²) >= 11 is 0. The van der Waals surface area contributed by atoms with Crippen LogP contribution in [0.1, 0.15) is 45.4 Å². The molecule has 1 nitrogen and oxygen atoms in total. The zero-order valence-corrected chi connectivity index (χ0v) is 12.5. The fourth-order valence-electron chi connectivity index (χ4n) is 2.69. The van der Waals surface area contributed by atoms with E-state index >= 15 is 0 Å². The number of hydrogen-bond acceptors (Lipinski definition) is 1. The zero-order valence-electron chi connectivity index (χ0n) is 11.5. The van der Waals surface area contributed by atoms with E-state index < -0.39 is 8.07 Å². The number of unbranched alkanes of at least 4 members (excludes halogenated alkanes) is 4. The van der Waals surface area contributed by atoms with Crippen molar-refractivity contribution in [3.63, 3.8) is 0 Å². The predicted octanol–water partition coefficient (Wildman–Crippen LogP) is 4.97. The van der Waals surface area contributed by atoms with Gasteiger partial charge >= 0.3 is 0 Å². The van der Waals surface area contributed by atoms with Gasteiger partial charge < -0.3 is 4.74 Å². The van der Waals surface area contributed by atoms with Crippen molar-refractivity contribution in [3.05, 3.63) is 12.3 Å². The van der Waals surface area contributed by atoms with Crippen LogP contribution in [-0.4, -0.2) is 14.2 Å². The Kier molecular flexibility index (Phi) is 5.10. The Morgan fingerprint density at radius 1 is 1.12 bits per heavy atom. The second-order valence-electron chi connectivity index (χ2n) is 6.17. The topological polar surface area (TPSA) is 9.23 Å². The van der Waals surface area contributed by atoms with E-state index in [4.69, 9.17) is 4.74 Å². The molecule has 1 aliphatic heterocycles. The van der Waals surface area contributed by atoms with Gasteiger partial charge in [-0.3, -0.25) is 0 Å². The number of ether oxygens (including phenoxy) is 1. The fraction of sp³-hybridized carbons (Fsp3) is 0.857. The summed E-state index contributed by atoms with van der Waals surface area (Å²) in [5.74, 6) is 1.07. The van der Waals surface area contributed by atoms with E-state index in [0.29, 0.717) is 11.6 Å². The lowest BCUT2D eigenvalue weighted by atomic mass is 10.0. The molecule has 0 bridgehead atoms. The molecule has 1 heterocycles. The summed E-state index contributed by atoms with van der Waals surface area (Å²) in [6, 6.07) is 0. The van der Waals surface area contributed by atoms with Gasteiger partial charge in [0.15, 0.2) is 0 Å². The highest BCUT2D eigenvalue weighted by Gasteiger charge is 2.45. The van der Waals surface area contributed by atoms with Crippen LogP contribution in [0.5, 0.6) is 0 Å². The third kappa shape index (κ3) is 3.65. The molecular formula is C14H28OSi. The second kappa shape index (κ2) is 5.90. The Morgan fingerprint density at radius 3 is 2.25 bits per heavy atom. The minimum Gasteiger partial charge on any atom is -0.495 e. The molecule has 0 aromatic heterocycles. The molecule has 0 N–H and O–H groups in total. The maximum atomic E-state index is 5.73. The highest BCUT2D eigenvalue weighted by molar-refractivity contribution is 6.78. The first-order valence-electron chi connectivity index (χ1n) is 6.82. The lowest BCUT2D eigenvalue weighted by Gasteiger charge is -2.46. The van der Waals surface area contributed by atoms with Crippen LogP contribution in [0.25, 0.3) is 0 Å². The van der Waals surface area contributed by atoms with Crippen molar-refractivity contribution in [2.45, 2.75) is 76.7 Å². The summed E-state index contributed by atoms with van der Waals surface area (Å²) in [6.45, 7) is 13.6. The van der Waals surface area contributed by atoms with Crippen molar-refractivity contribution in [1.29, 1.82) is 0 Å². The van der Waals surface area contributed by atoms with Gasteiger partial charge in [-0.05, 0) is 12.8 Å². The average Bonchev–Trinajstić information content (AvgIpc) is 2.12. The molecule has 0 radical (unpaired) electrons. The largest absolute Gasteiger partial charge is 0.495 e. The van der Waals surface area contributed by atoms with Crippen LogP contribution < -0.4 is 0 Å². The molecule has 0 amide bonds. The van der Waals surface area contributed by atoms with Gasteiger partial charge in [-0.2, -0.15) is 0 Å². The van der Waals surface area contributed by atoms with Crippen LogP contribution in [0.4, 0.5) is 0 Å². The Balaban J connectivity index is 2.21. The van der Waals surface area contributed by atoms with Crippen molar-refractivity contribution < 1.29 is 4.74 Å². The summed E-state index contributed by atoms with van der Waals surface area (Å²) < 4.78 is 5.73. The maximum Gasteiger partial charge on any atom is 0.106 e. The van der Waals surface area contributed by atoms with E-state index in [1.54, 1.807) is 0 Å². The summed E-state index contributed by atoms with van der Waals surface area (Å²) in [6.07, 6.45) is 8.56. The number of hydrogen-bond donors (Lipinski definition) is 0. The smallest absolute Gasteiger partial charge is 0.106 e. The molecule has 94 valence electrons. The molecule has 0 saturated carbocycles. The molecule has 2 unspecified atom stereocenters. The van der Waals surface area contributed by atoms with Gasteiger partial charge in [0, 0.05) is 5.54 Å². The molecule has 0 aromatic carbocycles. The number of rotatable bonds is 7. The first kappa shape index (κ1) is 13.8. The van der Waals surface area contributed by atoms with Gasteiger partial charge in [-0.1, -0.05) is 58.8 Å². The minimum absolute atomic E-state index is 0.501. The Hall–Kier alpha value is -0.243. The van der Waals surface area contributed by atoms with Crippen LogP contribution >= 0.6 is 0 Å². The molecule has 0 spiro atoms. The van der Waals surface area contributed by atoms with E-state index in [9.17, 15) is 0 Å². The summed E-state index contributed by atoms with van der Waals surface area (Å²) in [7, 11) is -1.10. The van der Waals surface area contributed by atoms with Crippen molar-refractivity contribution >= 4 is 8.07 Å². The minimum atomic E-state index is -1.10. The fourth-order valence-corrected chi connectivity index (χ4v) is 5.07. The lowest BCUT2D eigenvalue weighted by Crippen LogP contribution is -2.46. The first-order chi connectivity index (χ1) is 7.46. The second-order valence-corrected chi connectivity index (χ2v) is 11.5. The third-order valence-corrected chi connectivity index (χ3v) is 6.11. The highest BCUT2D eigenvalue weighted by Crippen LogP contribution is 2.46. The van der Waals surface area contributed by atoms with Crippen molar-refractivity contribution in [3.8, 4) is 0 Å². The molecule has 1 saturated heterocycles. The third-order valence-electron chi connectivity index (χ3n) is 3.55. The van der Waals surface area contributed by atoms with Gasteiger partial charge in [-0.15, -0.1) is 0 Å². The Labute approximate surface area is 102 Å². The van der Waals surface area contributed by atoms with Crippen molar-refractivity contribution in [2.75, 3.05) is 0 Å². The van der Waals surface area contributed by atoms with Gasteiger partial charge in [0.25, 0.3) is 0 Å². The SMILES string of the molecule is C=C1OC(CCCCCCC)C1[Si](C)(C)C. The van der Waals surface area contributed by atoms with E-state index in [1.165, 1.54) is 38.5 Å². The summed E-state index contributed by atoms with van der Waals surface area (Å²) in [5, 5.41) is 0. The zero-order chi connectivity index (χ0) is 12.2.